The second-order valence-electron chi connectivity index (χ2n) is 21.1. The van der Waals surface area contributed by atoms with Gasteiger partial charge in [0, 0.05) is 43.4 Å². The maximum Gasteiger partial charge on any atom is 0.306 e. The minimum atomic E-state index is -0.315. The SMILES string of the molecule is CC(C)CCCC(C)[C@H]1CC[C@H]2[C@@H]3CC=C4C[C@@H](OC(=O)CCCC(=O)N(CCCCCCCC(C)(C)N)CCC(C)(C)N)CC[C@]4(C)[C@H]3CC[C@]12C. The maximum atomic E-state index is 13.3. The predicted molar refractivity (Wildman–Crippen MR) is 222 cm³/mol. The Morgan fingerprint density at radius 3 is 2.21 bits per heavy atom. The Bertz CT molecular complexity index is 1200. The molecule has 6 heteroatoms. The number of carbonyl (C=O) groups excluding carboxylic acids is 2. The Labute approximate surface area is 327 Å². The molecule has 8 atom stereocenters. The molecule has 0 spiro atoms. The van der Waals surface area contributed by atoms with E-state index >= 15 is 0 Å². The highest BCUT2D eigenvalue weighted by Crippen LogP contribution is 2.67. The number of unbranched alkanes of at least 4 members (excludes halogenated alkanes) is 4. The average Bonchev–Trinajstić information content (AvgIpc) is 3.42. The molecule has 3 fully saturated rings. The number of nitrogens with zero attached hydrogens (tertiary/aromatic N) is 1. The lowest BCUT2D eigenvalue weighted by Crippen LogP contribution is -2.51. The van der Waals surface area contributed by atoms with Crippen molar-refractivity contribution in [1.29, 1.82) is 0 Å². The quantitative estimate of drug-likeness (QED) is 0.0694. The molecule has 4 aliphatic rings. The molecule has 0 aliphatic heterocycles. The number of rotatable bonds is 21. The van der Waals surface area contributed by atoms with E-state index in [1.54, 1.807) is 5.57 Å². The summed E-state index contributed by atoms with van der Waals surface area (Å²) in [7, 11) is 0. The number of hydrogen-bond donors (Lipinski definition) is 2. The van der Waals surface area contributed by atoms with Crippen LogP contribution in [-0.2, 0) is 14.3 Å². The number of carbonyl (C=O) groups is 2. The molecule has 0 aromatic carbocycles. The Hall–Kier alpha value is -1.40. The molecule has 0 aromatic rings. The van der Waals surface area contributed by atoms with Crippen molar-refractivity contribution in [1.82, 2.24) is 4.90 Å². The van der Waals surface area contributed by atoms with Crippen LogP contribution in [0.15, 0.2) is 11.6 Å². The molecule has 306 valence electrons. The Kier molecular flexibility index (Phi) is 16.0. The van der Waals surface area contributed by atoms with Crippen molar-refractivity contribution >= 4 is 11.9 Å². The van der Waals surface area contributed by atoms with E-state index in [0.717, 1.165) is 93.4 Å². The van der Waals surface area contributed by atoms with Gasteiger partial charge in [0.25, 0.3) is 0 Å². The number of allylic oxidation sites excluding steroid dienone is 1. The highest BCUT2D eigenvalue weighted by atomic mass is 16.5. The van der Waals surface area contributed by atoms with Crippen LogP contribution < -0.4 is 11.5 Å². The standard InChI is InChI=1S/C47H85N3O3/c1-34(2)17-15-18-35(3)39-23-24-40-38-22-21-36-33-37(25-28-46(36,8)41(38)26-29-47(39,40)9)53-43(52)20-16-19-42(51)50(32-30-45(6,7)49)31-14-12-10-11-13-27-44(4,5)48/h21,34-35,37-41H,10-20,22-33,48-49H2,1-9H3/t35?,37-,38-,39+,40-,41-,46-,47+/m0/s1. The van der Waals surface area contributed by atoms with Crippen LogP contribution in [0.1, 0.15) is 197 Å². The Morgan fingerprint density at radius 1 is 0.811 bits per heavy atom. The molecular formula is C47H85N3O3. The number of nitrogens with two attached hydrogens (primary N) is 2. The lowest BCUT2D eigenvalue weighted by atomic mass is 9.47. The molecular weight excluding hydrogens is 655 g/mol. The van der Waals surface area contributed by atoms with Gasteiger partial charge >= 0.3 is 5.97 Å². The third kappa shape index (κ3) is 12.5. The minimum absolute atomic E-state index is 0.0234. The van der Waals surface area contributed by atoms with Crippen LogP contribution in [0.25, 0.3) is 0 Å². The monoisotopic (exact) mass is 740 g/mol. The van der Waals surface area contributed by atoms with E-state index in [9.17, 15) is 9.59 Å². The van der Waals surface area contributed by atoms with Gasteiger partial charge in [-0.1, -0.05) is 91.2 Å². The molecule has 53 heavy (non-hydrogen) atoms. The second kappa shape index (κ2) is 19.2. The van der Waals surface area contributed by atoms with Crippen LogP contribution in [0.4, 0.5) is 0 Å². The van der Waals surface area contributed by atoms with Crippen molar-refractivity contribution < 1.29 is 14.3 Å². The smallest absolute Gasteiger partial charge is 0.306 e. The summed E-state index contributed by atoms with van der Waals surface area (Å²) in [6.45, 7) is 22.2. The maximum absolute atomic E-state index is 13.3. The largest absolute Gasteiger partial charge is 0.462 e. The van der Waals surface area contributed by atoms with Gasteiger partial charge in [0.2, 0.25) is 5.91 Å². The van der Waals surface area contributed by atoms with Gasteiger partial charge < -0.3 is 21.1 Å². The van der Waals surface area contributed by atoms with Crippen LogP contribution >= 0.6 is 0 Å². The topological polar surface area (TPSA) is 98.7 Å². The molecule has 0 bridgehead atoms. The summed E-state index contributed by atoms with van der Waals surface area (Å²) in [5.74, 6) is 5.00. The van der Waals surface area contributed by atoms with Crippen molar-refractivity contribution in [3.05, 3.63) is 11.6 Å². The molecule has 0 saturated heterocycles. The molecule has 1 unspecified atom stereocenters. The third-order valence-corrected chi connectivity index (χ3v) is 15.0. The first-order valence-electron chi connectivity index (χ1n) is 22.6. The number of hydrogen-bond acceptors (Lipinski definition) is 5. The minimum Gasteiger partial charge on any atom is -0.462 e. The van der Waals surface area contributed by atoms with E-state index in [4.69, 9.17) is 16.2 Å². The Morgan fingerprint density at radius 2 is 1.51 bits per heavy atom. The fourth-order valence-electron chi connectivity index (χ4n) is 11.7. The van der Waals surface area contributed by atoms with Crippen molar-refractivity contribution in [2.24, 2.45) is 57.8 Å². The number of esters is 1. The third-order valence-electron chi connectivity index (χ3n) is 15.0. The molecule has 0 heterocycles. The van der Waals surface area contributed by atoms with E-state index in [-0.39, 0.29) is 34.5 Å². The van der Waals surface area contributed by atoms with Crippen LogP contribution in [-0.4, -0.2) is 47.0 Å². The first kappa shape index (κ1) is 44.3. The molecule has 4 aliphatic carbocycles. The van der Waals surface area contributed by atoms with Crippen molar-refractivity contribution in [2.75, 3.05) is 13.1 Å². The number of ether oxygens (including phenoxy) is 1. The van der Waals surface area contributed by atoms with Gasteiger partial charge in [0.15, 0.2) is 0 Å². The first-order chi connectivity index (χ1) is 24.8. The summed E-state index contributed by atoms with van der Waals surface area (Å²) in [6.07, 6.45) is 25.3. The van der Waals surface area contributed by atoms with Gasteiger partial charge in [-0.15, -0.1) is 0 Å². The van der Waals surface area contributed by atoms with Gasteiger partial charge in [-0.05, 0) is 145 Å². The van der Waals surface area contributed by atoms with E-state index in [1.807, 2.05) is 18.7 Å². The zero-order valence-electron chi connectivity index (χ0n) is 36.2. The fourth-order valence-corrected chi connectivity index (χ4v) is 11.7. The van der Waals surface area contributed by atoms with Gasteiger partial charge in [-0.3, -0.25) is 9.59 Å². The molecule has 6 nitrogen and oxygen atoms in total. The Balaban J connectivity index is 1.22. The highest BCUT2D eigenvalue weighted by molar-refractivity contribution is 5.77. The predicted octanol–water partition coefficient (Wildman–Crippen LogP) is 11.1. The van der Waals surface area contributed by atoms with Crippen LogP contribution in [0.2, 0.25) is 0 Å². The van der Waals surface area contributed by atoms with E-state index in [0.29, 0.717) is 31.2 Å². The van der Waals surface area contributed by atoms with Crippen molar-refractivity contribution in [2.45, 2.75) is 214 Å². The van der Waals surface area contributed by atoms with Gasteiger partial charge in [0.05, 0.1) is 0 Å². The normalized spacial score (nSPS) is 30.6. The van der Waals surface area contributed by atoms with Gasteiger partial charge in [-0.2, -0.15) is 0 Å². The van der Waals surface area contributed by atoms with E-state index in [2.05, 4.69) is 54.5 Å². The first-order valence-corrected chi connectivity index (χ1v) is 22.6. The molecule has 1 amide bonds. The van der Waals surface area contributed by atoms with E-state index < -0.39 is 0 Å². The molecule has 0 radical (unpaired) electrons. The summed E-state index contributed by atoms with van der Waals surface area (Å²) >= 11 is 0. The summed E-state index contributed by atoms with van der Waals surface area (Å²) in [4.78, 5) is 28.4. The summed E-state index contributed by atoms with van der Waals surface area (Å²) in [6, 6.07) is 0. The molecule has 4 N–H and O–H groups in total. The average molecular weight is 740 g/mol. The molecule has 0 aromatic heterocycles. The van der Waals surface area contributed by atoms with Crippen molar-refractivity contribution in [3.8, 4) is 0 Å². The summed E-state index contributed by atoms with van der Waals surface area (Å²) in [5, 5.41) is 0. The zero-order chi connectivity index (χ0) is 39.0. The molecule has 4 rings (SSSR count). The van der Waals surface area contributed by atoms with Crippen LogP contribution in [0, 0.1) is 46.3 Å². The van der Waals surface area contributed by atoms with Gasteiger partial charge in [0.1, 0.15) is 6.10 Å². The number of amides is 1. The number of fused-ring (bicyclic) bond motifs is 5. The van der Waals surface area contributed by atoms with Crippen LogP contribution in [0.5, 0.6) is 0 Å². The lowest BCUT2D eigenvalue weighted by molar-refractivity contribution is -0.151. The van der Waals surface area contributed by atoms with Gasteiger partial charge in [-0.25, -0.2) is 0 Å². The second-order valence-corrected chi connectivity index (χ2v) is 21.1. The van der Waals surface area contributed by atoms with Crippen LogP contribution in [0.3, 0.4) is 0 Å². The summed E-state index contributed by atoms with van der Waals surface area (Å²) in [5.41, 5.74) is 14.3. The van der Waals surface area contributed by atoms with E-state index in [1.165, 1.54) is 64.2 Å². The van der Waals surface area contributed by atoms with Crippen molar-refractivity contribution in [3.63, 3.8) is 0 Å². The lowest BCUT2D eigenvalue weighted by Gasteiger charge is -2.58. The molecule has 3 saturated carbocycles. The highest BCUT2D eigenvalue weighted by Gasteiger charge is 2.59. The zero-order valence-corrected chi connectivity index (χ0v) is 36.2. The fraction of sp³-hybridized carbons (Fsp3) is 0.915. The summed E-state index contributed by atoms with van der Waals surface area (Å²) < 4.78 is 6.13.